The molecule has 0 aliphatic rings. The van der Waals surface area contributed by atoms with Crippen LogP contribution in [0.2, 0.25) is 0 Å². The number of hydrogen-bond acceptors (Lipinski definition) is 1. The lowest BCUT2D eigenvalue weighted by Crippen LogP contribution is -2.28. The Balaban J connectivity index is 1.74. The third-order valence-corrected chi connectivity index (χ3v) is 8.80. The molecule has 36 heavy (non-hydrogen) atoms. The van der Waals surface area contributed by atoms with Crippen LogP contribution in [0.5, 0.6) is 0 Å². The molecule has 4 heteroatoms. The summed E-state index contributed by atoms with van der Waals surface area (Å²) in [4.78, 5) is 0. The van der Waals surface area contributed by atoms with Crippen LogP contribution in [-0.4, -0.2) is 0 Å². The van der Waals surface area contributed by atoms with E-state index in [0.717, 1.165) is 8.95 Å². The summed E-state index contributed by atoms with van der Waals surface area (Å²) >= 11 is 9.08. The Labute approximate surface area is 232 Å². The van der Waals surface area contributed by atoms with Crippen LogP contribution < -0.4 is 4.57 Å². The summed E-state index contributed by atoms with van der Waals surface area (Å²) in [6.45, 7) is 0. The molecule has 0 radical (unpaired) electrons. The molecule has 0 saturated heterocycles. The smallest absolute Gasteiger partial charge is 0.184 e. The molecule has 0 atom stereocenters. The van der Waals surface area contributed by atoms with E-state index in [2.05, 4.69) is 159 Å². The highest BCUT2D eigenvalue weighted by atomic mass is 79.9. The van der Waals surface area contributed by atoms with Crippen molar-refractivity contribution in [1.82, 2.24) is 0 Å². The Morgan fingerprint density at radius 2 is 1.08 bits per heavy atom. The van der Waals surface area contributed by atoms with Crippen molar-refractivity contribution in [1.29, 1.82) is 0 Å². The van der Waals surface area contributed by atoms with Gasteiger partial charge >= 0.3 is 0 Å². The van der Waals surface area contributed by atoms with Gasteiger partial charge in [-0.1, -0.05) is 110 Å². The van der Waals surface area contributed by atoms with E-state index in [0.29, 0.717) is 0 Å². The Morgan fingerprint density at radius 3 is 1.64 bits per heavy atom. The van der Waals surface area contributed by atoms with Crippen molar-refractivity contribution in [3.63, 3.8) is 0 Å². The van der Waals surface area contributed by atoms with Gasteiger partial charge in [0, 0.05) is 15.0 Å². The van der Waals surface area contributed by atoms with Crippen molar-refractivity contribution in [2.24, 2.45) is 7.05 Å². The predicted octanol–water partition coefficient (Wildman–Crippen LogP) is 9.92. The van der Waals surface area contributed by atoms with Gasteiger partial charge in [-0.05, 0) is 75.8 Å². The summed E-state index contributed by atoms with van der Waals surface area (Å²) in [5.74, 6) is 0. The number of thiazole rings is 1. The van der Waals surface area contributed by atoms with Crippen molar-refractivity contribution in [3.05, 3.63) is 124 Å². The molecule has 174 valence electrons. The third kappa shape index (κ3) is 4.34. The number of aryl methyl sites for hydroxylation is 1. The highest BCUT2D eigenvalue weighted by molar-refractivity contribution is 9.10. The molecule has 0 spiro atoms. The van der Waals surface area contributed by atoms with Gasteiger partial charge in [0.25, 0.3) is 5.01 Å². The molecule has 6 aromatic rings. The summed E-state index contributed by atoms with van der Waals surface area (Å²) < 4.78 is 5.77. The number of rotatable bonds is 4. The molecular formula is C32H22Br2NS+. The van der Waals surface area contributed by atoms with E-state index in [1.165, 1.54) is 54.2 Å². The maximum absolute atomic E-state index is 3.62. The molecule has 0 saturated carbocycles. The number of para-hydroxylation sites is 1. The Hall–Kier alpha value is -3.05. The average Bonchev–Trinajstić information content (AvgIpc) is 3.25. The van der Waals surface area contributed by atoms with Crippen LogP contribution in [0.15, 0.2) is 124 Å². The molecule has 0 amide bonds. The van der Waals surface area contributed by atoms with Crippen molar-refractivity contribution in [3.8, 4) is 44.0 Å². The summed E-state index contributed by atoms with van der Waals surface area (Å²) in [7, 11) is 2.18. The number of nitrogens with zero attached hydrogens (tertiary/aromatic N) is 1. The molecule has 1 nitrogen and oxygen atoms in total. The van der Waals surface area contributed by atoms with Crippen LogP contribution in [0, 0.1) is 0 Å². The van der Waals surface area contributed by atoms with Gasteiger partial charge in [0.05, 0.1) is 5.56 Å². The molecule has 0 aliphatic carbocycles. The van der Waals surface area contributed by atoms with Gasteiger partial charge in [-0.2, -0.15) is 4.57 Å². The lowest BCUT2D eigenvalue weighted by molar-refractivity contribution is -0.629. The fourth-order valence-electron chi connectivity index (χ4n) is 4.71. The molecule has 0 N–H and O–H groups in total. The largest absolute Gasteiger partial charge is 0.271 e. The average molecular weight is 612 g/mol. The number of fused-ring (bicyclic) bond motifs is 1. The lowest BCUT2D eigenvalue weighted by Gasteiger charge is -2.16. The number of benzene rings is 5. The molecule has 0 bridgehead atoms. The van der Waals surface area contributed by atoms with Gasteiger partial charge in [0.2, 0.25) is 5.52 Å². The number of aromatic nitrogens is 1. The first-order valence-corrected chi connectivity index (χ1v) is 14.1. The van der Waals surface area contributed by atoms with E-state index >= 15 is 0 Å². The van der Waals surface area contributed by atoms with Crippen molar-refractivity contribution >= 4 is 53.4 Å². The summed E-state index contributed by atoms with van der Waals surface area (Å²) in [6, 6.07) is 41.3. The second-order valence-corrected chi connectivity index (χ2v) is 11.6. The minimum absolute atomic E-state index is 1.08. The maximum atomic E-state index is 3.62. The fourth-order valence-corrected chi connectivity index (χ4v) is 6.46. The maximum Gasteiger partial charge on any atom is 0.271 e. The standard InChI is InChI=1S/C32H22Br2NS/c1-35-29-9-5-6-10-30(29)36-32(35)31-27(22-11-15-25(33)16-12-22)19-24(21-7-3-2-4-8-21)20-28(31)23-13-17-26(34)18-14-23/h2-20H,1H3/q+1. The van der Waals surface area contributed by atoms with Crippen molar-refractivity contribution < 1.29 is 4.57 Å². The van der Waals surface area contributed by atoms with E-state index in [1.807, 2.05) is 11.3 Å². The zero-order valence-corrected chi connectivity index (χ0v) is 23.6. The summed E-state index contributed by atoms with van der Waals surface area (Å²) in [5.41, 5.74) is 9.76. The monoisotopic (exact) mass is 610 g/mol. The first kappa shape index (κ1) is 23.4. The summed E-state index contributed by atoms with van der Waals surface area (Å²) in [5, 5.41) is 1.24. The van der Waals surface area contributed by atoms with Crippen LogP contribution in [-0.2, 0) is 7.05 Å². The van der Waals surface area contributed by atoms with Gasteiger partial charge in [0.1, 0.15) is 11.7 Å². The van der Waals surface area contributed by atoms with E-state index in [1.54, 1.807) is 0 Å². The number of halogens is 2. The molecule has 0 fully saturated rings. The number of hydrogen-bond donors (Lipinski definition) is 0. The van der Waals surface area contributed by atoms with Crippen LogP contribution >= 0.6 is 43.2 Å². The van der Waals surface area contributed by atoms with Crippen molar-refractivity contribution in [2.45, 2.75) is 0 Å². The van der Waals surface area contributed by atoms with Crippen molar-refractivity contribution in [2.75, 3.05) is 0 Å². The normalized spacial score (nSPS) is 11.2. The molecule has 0 unspecified atom stereocenters. The van der Waals surface area contributed by atoms with Gasteiger partial charge in [-0.25, -0.2) is 0 Å². The second kappa shape index (κ2) is 9.78. The molecule has 0 aliphatic heterocycles. The minimum atomic E-state index is 1.08. The topological polar surface area (TPSA) is 3.88 Å². The zero-order chi connectivity index (χ0) is 24.6. The van der Waals surface area contributed by atoms with Crippen LogP contribution in [0.25, 0.3) is 54.2 Å². The van der Waals surface area contributed by atoms with Crippen LogP contribution in [0.1, 0.15) is 0 Å². The highest BCUT2D eigenvalue weighted by Gasteiger charge is 2.26. The van der Waals surface area contributed by atoms with E-state index in [-0.39, 0.29) is 0 Å². The fraction of sp³-hybridized carbons (Fsp3) is 0.0312. The second-order valence-electron chi connectivity index (χ2n) is 8.76. The Kier molecular flexibility index (Phi) is 6.34. The zero-order valence-electron chi connectivity index (χ0n) is 19.6. The van der Waals surface area contributed by atoms with E-state index in [4.69, 9.17) is 0 Å². The molecule has 5 aromatic carbocycles. The highest BCUT2D eigenvalue weighted by Crippen LogP contribution is 2.45. The SMILES string of the molecule is C[n+]1c(-c2c(-c3ccc(Br)cc3)cc(-c3ccccc3)cc2-c2ccc(Br)cc2)sc2ccccc21. The van der Waals surface area contributed by atoms with Gasteiger partial charge in [-0.15, -0.1) is 0 Å². The predicted molar refractivity (Wildman–Crippen MR) is 160 cm³/mol. The van der Waals surface area contributed by atoms with Gasteiger partial charge in [0.15, 0.2) is 0 Å². The minimum Gasteiger partial charge on any atom is -0.184 e. The lowest BCUT2D eigenvalue weighted by atomic mass is 9.88. The summed E-state index contributed by atoms with van der Waals surface area (Å²) in [6.07, 6.45) is 0. The van der Waals surface area contributed by atoms with E-state index < -0.39 is 0 Å². The first-order chi connectivity index (χ1) is 17.6. The molecule has 1 aromatic heterocycles. The Bertz CT molecular complexity index is 1620. The van der Waals surface area contributed by atoms with E-state index in [9.17, 15) is 0 Å². The third-order valence-electron chi connectivity index (χ3n) is 6.51. The van der Waals surface area contributed by atoms with Crippen LogP contribution in [0.3, 0.4) is 0 Å². The van der Waals surface area contributed by atoms with Gasteiger partial charge < -0.3 is 0 Å². The molecule has 6 rings (SSSR count). The quantitative estimate of drug-likeness (QED) is 0.175. The first-order valence-electron chi connectivity index (χ1n) is 11.7. The van der Waals surface area contributed by atoms with Gasteiger partial charge in [-0.3, -0.25) is 0 Å². The molecule has 1 heterocycles. The Morgan fingerprint density at radius 1 is 0.556 bits per heavy atom. The molecular weight excluding hydrogens is 590 g/mol. The van der Waals surface area contributed by atoms with Crippen LogP contribution in [0.4, 0.5) is 0 Å².